The molecule has 0 aromatic heterocycles. The number of unbranched alkanes of at least 4 members (excludes halogenated alkanes) is 1. The first-order chi connectivity index (χ1) is 6.03. The van der Waals surface area contributed by atoms with Gasteiger partial charge in [-0.25, -0.2) is 0 Å². The van der Waals surface area contributed by atoms with Gasteiger partial charge in [-0.1, -0.05) is 51.0 Å². The molecular weight excluding hydrogens is 156 g/mol. The molecule has 0 atom stereocenters. The van der Waals surface area contributed by atoms with Gasteiger partial charge in [0.15, 0.2) is 0 Å². The summed E-state index contributed by atoms with van der Waals surface area (Å²) in [6, 6.07) is 0. The van der Waals surface area contributed by atoms with Crippen molar-refractivity contribution in [2.45, 2.75) is 52.9 Å². The van der Waals surface area contributed by atoms with Crippen molar-refractivity contribution in [1.82, 2.24) is 0 Å². The summed E-state index contributed by atoms with van der Waals surface area (Å²) in [6.45, 7) is 11.0. The fourth-order valence-electron chi connectivity index (χ4n) is 2.25. The third-order valence-electron chi connectivity index (χ3n) is 2.67. The maximum atomic E-state index is 4.09. The van der Waals surface area contributed by atoms with Crippen LogP contribution in [0.2, 0.25) is 0 Å². The molecule has 0 saturated carbocycles. The molecule has 1 aliphatic carbocycles. The van der Waals surface area contributed by atoms with Gasteiger partial charge in [-0.3, -0.25) is 0 Å². The average molecular weight is 178 g/mol. The minimum absolute atomic E-state index is 0.453. The summed E-state index contributed by atoms with van der Waals surface area (Å²) < 4.78 is 0. The van der Waals surface area contributed by atoms with Crippen LogP contribution >= 0.6 is 0 Å². The Morgan fingerprint density at radius 2 is 2.08 bits per heavy atom. The summed E-state index contributed by atoms with van der Waals surface area (Å²) >= 11 is 0. The monoisotopic (exact) mass is 178 g/mol. The topological polar surface area (TPSA) is 0 Å². The predicted octanol–water partition coefficient (Wildman–Crippen LogP) is 4.48. The molecule has 1 rings (SSSR count). The van der Waals surface area contributed by atoms with Crippen LogP contribution in [-0.2, 0) is 0 Å². The molecule has 74 valence electrons. The van der Waals surface area contributed by atoms with Gasteiger partial charge < -0.3 is 0 Å². The summed E-state index contributed by atoms with van der Waals surface area (Å²) in [5, 5.41) is 0. The van der Waals surface area contributed by atoms with Crippen LogP contribution < -0.4 is 0 Å². The van der Waals surface area contributed by atoms with Crippen LogP contribution in [0.15, 0.2) is 23.8 Å². The van der Waals surface area contributed by atoms with Crippen LogP contribution in [0.1, 0.15) is 52.9 Å². The summed E-state index contributed by atoms with van der Waals surface area (Å²) in [5.74, 6) is 0. The third-order valence-corrected chi connectivity index (χ3v) is 2.67. The van der Waals surface area contributed by atoms with Crippen molar-refractivity contribution < 1.29 is 0 Å². The fraction of sp³-hybridized carbons (Fsp3) is 0.692. The van der Waals surface area contributed by atoms with E-state index in [4.69, 9.17) is 0 Å². The van der Waals surface area contributed by atoms with Gasteiger partial charge in [-0.05, 0) is 31.1 Å². The van der Waals surface area contributed by atoms with Gasteiger partial charge in [-0.15, -0.1) is 0 Å². The Kier molecular flexibility index (Phi) is 3.35. The smallest absolute Gasteiger partial charge is 0.0230 e. The van der Waals surface area contributed by atoms with Gasteiger partial charge in [-0.2, -0.15) is 0 Å². The van der Waals surface area contributed by atoms with Gasteiger partial charge in [0.2, 0.25) is 0 Å². The lowest BCUT2D eigenvalue weighted by molar-refractivity contribution is 0.346. The maximum absolute atomic E-state index is 4.09. The molecule has 0 fully saturated rings. The lowest BCUT2D eigenvalue weighted by Crippen LogP contribution is -2.16. The van der Waals surface area contributed by atoms with Gasteiger partial charge in [0, 0.05) is 0 Å². The van der Waals surface area contributed by atoms with Crippen LogP contribution in [0, 0.1) is 5.41 Å². The van der Waals surface area contributed by atoms with Crippen molar-refractivity contribution in [2.24, 2.45) is 5.41 Å². The standard InChI is InChI=1S/C13H22/c1-5-6-7-12-8-11(2)9-13(3,4)10-12/h8H,2,5-7,9-10H2,1,3-4H3. The Bertz CT molecular complexity index is 218. The van der Waals surface area contributed by atoms with E-state index in [1.165, 1.54) is 37.7 Å². The van der Waals surface area contributed by atoms with Crippen LogP contribution in [0.4, 0.5) is 0 Å². The van der Waals surface area contributed by atoms with Crippen molar-refractivity contribution in [2.75, 3.05) is 0 Å². The largest absolute Gasteiger partial charge is 0.0958 e. The van der Waals surface area contributed by atoms with E-state index in [9.17, 15) is 0 Å². The zero-order valence-electron chi connectivity index (χ0n) is 9.32. The van der Waals surface area contributed by atoms with E-state index in [2.05, 4.69) is 33.4 Å². The van der Waals surface area contributed by atoms with Crippen molar-refractivity contribution in [3.63, 3.8) is 0 Å². The molecular formula is C13H22. The molecule has 0 saturated heterocycles. The molecule has 0 nitrogen and oxygen atoms in total. The molecule has 1 aliphatic rings. The van der Waals surface area contributed by atoms with E-state index in [0.717, 1.165) is 0 Å². The van der Waals surface area contributed by atoms with Crippen molar-refractivity contribution in [3.05, 3.63) is 23.8 Å². The minimum Gasteiger partial charge on any atom is -0.0958 e. The van der Waals surface area contributed by atoms with E-state index >= 15 is 0 Å². The molecule has 0 heteroatoms. The molecule has 13 heavy (non-hydrogen) atoms. The highest BCUT2D eigenvalue weighted by molar-refractivity contribution is 5.27. The summed E-state index contributed by atoms with van der Waals surface area (Å²) in [6.07, 6.45) is 8.66. The van der Waals surface area contributed by atoms with Crippen LogP contribution in [0.5, 0.6) is 0 Å². The number of hydrogen-bond donors (Lipinski definition) is 0. The second-order valence-corrected chi connectivity index (χ2v) is 5.08. The maximum Gasteiger partial charge on any atom is -0.0230 e. The Morgan fingerprint density at radius 1 is 1.38 bits per heavy atom. The Morgan fingerprint density at radius 3 is 2.62 bits per heavy atom. The fourth-order valence-corrected chi connectivity index (χ4v) is 2.25. The Hall–Kier alpha value is -0.520. The molecule has 0 spiro atoms. The number of hydrogen-bond acceptors (Lipinski definition) is 0. The number of rotatable bonds is 3. The Balaban J connectivity index is 2.59. The second-order valence-electron chi connectivity index (χ2n) is 5.08. The molecule has 0 heterocycles. The summed E-state index contributed by atoms with van der Waals surface area (Å²) in [5.41, 5.74) is 3.39. The van der Waals surface area contributed by atoms with Gasteiger partial charge >= 0.3 is 0 Å². The quantitative estimate of drug-likeness (QED) is 0.597. The first kappa shape index (κ1) is 10.6. The molecule has 0 unspecified atom stereocenters. The van der Waals surface area contributed by atoms with E-state index in [1.54, 1.807) is 5.57 Å². The van der Waals surface area contributed by atoms with E-state index in [-0.39, 0.29) is 0 Å². The zero-order chi connectivity index (χ0) is 9.90. The molecule has 0 radical (unpaired) electrons. The van der Waals surface area contributed by atoms with Crippen molar-refractivity contribution in [3.8, 4) is 0 Å². The average Bonchev–Trinajstić information content (AvgIpc) is 1.97. The molecule has 0 N–H and O–H groups in total. The van der Waals surface area contributed by atoms with Crippen LogP contribution in [0.25, 0.3) is 0 Å². The summed E-state index contributed by atoms with van der Waals surface area (Å²) in [7, 11) is 0. The van der Waals surface area contributed by atoms with Crippen LogP contribution in [-0.4, -0.2) is 0 Å². The zero-order valence-corrected chi connectivity index (χ0v) is 9.32. The van der Waals surface area contributed by atoms with Crippen molar-refractivity contribution >= 4 is 0 Å². The van der Waals surface area contributed by atoms with Crippen molar-refractivity contribution in [1.29, 1.82) is 0 Å². The minimum atomic E-state index is 0.453. The number of allylic oxidation sites excluding steroid dienone is 3. The van der Waals surface area contributed by atoms with E-state index in [0.29, 0.717) is 5.41 Å². The first-order valence-corrected chi connectivity index (χ1v) is 5.41. The second kappa shape index (κ2) is 4.13. The Labute approximate surface area is 82.7 Å². The molecule has 0 bridgehead atoms. The normalized spacial score (nSPS) is 21.5. The van der Waals surface area contributed by atoms with E-state index in [1.807, 2.05) is 0 Å². The predicted molar refractivity (Wildman–Crippen MR) is 59.8 cm³/mol. The molecule has 0 aliphatic heterocycles. The molecule has 0 aromatic rings. The summed E-state index contributed by atoms with van der Waals surface area (Å²) in [4.78, 5) is 0. The van der Waals surface area contributed by atoms with Gasteiger partial charge in [0.05, 0.1) is 0 Å². The van der Waals surface area contributed by atoms with Gasteiger partial charge in [0.25, 0.3) is 0 Å². The highest BCUT2D eigenvalue weighted by Gasteiger charge is 2.23. The highest BCUT2D eigenvalue weighted by Crippen LogP contribution is 2.38. The lowest BCUT2D eigenvalue weighted by Gasteiger charge is -2.31. The SMILES string of the molecule is C=C1C=C(CCCC)CC(C)(C)C1. The van der Waals surface area contributed by atoms with Crippen LogP contribution in [0.3, 0.4) is 0 Å². The van der Waals surface area contributed by atoms with E-state index < -0.39 is 0 Å². The molecule has 0 aromatic carbocycles. The highest BCUT2D eigenvalue weighted by atomic mass is 14.3. The molecule has 0 amide bonds. The lowest BCUT2D eigenvalue weighted by atomic mass is 9.75. The third kappa shape index (κ3) is 3.38. The van der Waals surface area contributed by atoms with Gasteiger partial charge in [0.1, 0.15) is 0 Å². The first-order valence-electron chi connectivity index (χ1n) is 5.41.